The minimum Gasteiger partial charge on any atom is -1.00 e. The molecule has 0 atom stereocenters. The first-order valence-corrected chi connectivity index (χ1v) is 3.01. The Bertz CT molecular complexity index is 221. The summed E-state index contributed by atoms with van der Waals surface area (Å²) in [5, 5.41) is 5.51. The molecule has 0 spiro atoms. The molecule has 8 heteroatoms. The Hall–Kier alpha value is -0.110. The van der Waals surface area contributed by atoms with Gasteiger partial charge < -0.3 is 10.7 Å². The molecule has 0 aromatic heterocycles. The molecule has 0 heterocycles. The van der Waals surface area contributed by atoms with Crippen LogP contribution in [0.2, 0.25) is 0 Å². The van der Waals surface area contributed by atoms with Crippen LogP contribution in [0.4, 0.5) is 4.79 Å². The zero-order valence-electron chi connectivity index (χ0n) is 5.97. The maximum atomic E-state index is 9.88. The zero-order chi connectivity index (χ0) is 7.49. The summed E-state index contributed by atoms with van der Waals surface area (Å²) in [5.41, 5.74) is 0. The van der Waals surface area contributed by atoms with Crippen LogP contribution in [0.15, 0.2) is 0 Å². The van der Waals surface area contributed by atoms with E-state index in [2.05, 4.69) is 4.18 Å². The fourth-order valence-electron chi connectivity index (χ4n) is 0.0929. The number of carboxylic acid groups (broad SMARTS) is 1. The molecule has 0 aliphatic rings. The minimum absolute atomic E-state index is 0. The number of rotatable bonds is 2. The van der Waals surface area contributed by atoms with Gasteiger partial charge in [-0.15, -0.1) is 0 Å². The smallest absolute Gasteiger partial charge is 1.00 e. The van der Waals surface area contributed by atoms with Gasteiger partial charge in [0, 0.05) is 0 Å². The number of hydrogen-bond acceptors (Lipinski definition) is 5. The van der Waals surface area contributed by atoms with Gasteiger partial charge in [0.2, 0.25) is 0 Å². The first kappa shape index (κ1) is 12.6. The van der Waals surface area contributed by atoms with Crippen LogP contribution >= 0.6 is 0 Å². The third-order valence-electron chi connectivity index (χ3n) is 0.380. The van der Waals surface area contributed by atoms with E-state index < -0.39 is 21.9 Å². The number of hydrogen-bond donors (Lipinski definition) is 1. The molecule has 0 fully saturated rings. The van der Waals surface area contributed by atoms with Gasteiger partial charge in [-0.1, -0.05) is 0 Å². The fourth-order valence-corrected chi connectivity index (χ4v) is 0.279. The molecule has 0 amide bonds. The molecule has 6 nitrogen and oxygen atoms in total. The molecule has 0 aromatic carbocycles. The predicted molar refractivity (Wildman–Crippen MR) is 25.2 cm³/mol. The van der Waals surface area contributed by atoms with Crippen molar-refractivity contribution in [3.63, 3.8) is 0 Å². The van der Waals surface area contributed by atoms with E-state index in [1.54, 1.807) is 0 Å². The standard InChI is InChI=1S/C2H2O6S.Na.H/c3-1-8-9(6,7)2(4)5;;/h1H,(H,4,5);;/q;+1;-1. The van der Waals surface area contributed by atoms with E-state index in [1.165, 1.54) is 0 Å². The third-order valence-corrected chi connectivity index (χ3v) is 1.14. The van der Waals surface area contributed by atoms with Crippen LogP contribution in [0.3, 0.4) is 0 Å². The van der Waals surface area contributed by atoms with Gasteiger partial charge in [-0.3, -0.25) is 4.79 Å². The Kier molecular flexibility index (Phi) is 5.86. The molecular formula is C2H3NaO6S. The van der Waals surface area contributed by atoms with Crippen molar-refractivity contribution in [3.8, 4) is 0 Å². The van der Waals surface area contributed by atoms with Gasteiger partial charge in [0.15, 0.2) is 0 Å². The average molecular weight is 178 g/mol. The van der Waals surface area contributed by atoms with Crippen LogP contribution in [-0.2, 0) is 19.1 Å². The van der Waals surface area contributed by atoms with E-state index in [0.717, 1.165) is 0 Å². The van der Waals surface area contributed by atoms with E-state index in [0.29, 0.717) is 0 Å². The predicted octanol–water partition coefficient (Wildman–Crippen LogP) is -3.72. The quantitative estimate of drug-likeness (QED) is 0.265. The van der Waals surface area contributed by atoms with E-state index in [9.17, 15) is 18.0 Å². The van der Waals surface area contributed by atoms with Gasteiger partial charge in [-0.25, -0.2) is 4.79 Å². The summed E-state index contributed by atoms with van der Waals surface area (Å²) < 4.78 is 22.9. The molecule has 0 aliphatic heterocycles. The number of carbonyl (C=O) groups excluding carboxylic acids is 1. The summed E-state index contributed by atoms with van der Waals surface area (Å²) in [6.07, 6.45) is 0. The summed E-state index contributed by atoms with van der Waals surface area (Å²) in [6.45, 7) is -0.469. The molecule has 0 aliphatic carbocycles. The summed E-state index contributed by atoms with van der Waals surface area (Å²) in [4.78, 5) is 18.8. The van der Waals surface area contributed by atoms with Crippen molar-refractivity contribution >= 4 is 21.9 Å². The second-order valence-corrected chi connectivity index (χ2v) is 2.36. The first-order valence-electron chi connectivity index (χ1n) is 1.60. The van der Waals surface area contributed by atoms with E-state index in [4.69, 9.17) is 5.11 Å². The second-order valence-electron chi connectivity index (χ2n) is 0.912. The van der Waals surface area contributed by atoms with E-state index in [1.807, 2.05) is 0 Å². The molecule has 10 heavy (non-hydrogen) atoms. The number of carbonyl (C=O) groups is 2. The van der Waals surface area contributed by atoms with Gasteiger partial charge in [-0.05, 0) is 0 Å². The zero-order valence-corrected chi connectivity index (χ0v) is 7.79. The van der Waals surface area contributed by atoms with Crippen molar-refractivity contribution in [3.05, 3.63) is 0 Å². The Morgan fingerprint density at radius 1 is 1.60 bits per heavy atom. The van der Waals surface area contributed by atoms with Crippen LogP contribution in [0.1, 0.15) is 1.43 Å². The summed E-state index contributed by atoms with van der Waals surface area (Å²) >= 11 is 0. The molecule has 0 bridgehead atoms. The topological polar surface area (TPSA) is 97.7 Å². The Morgan fingerprint density at radius 2 is 2.00 bits per heavy atom. The largest absolute Gasteiger partial charge is 1.00 e. The molecule has 1 N–H and O–H groups in total. The average Bonchev–Trinajstić information content (AvgIpc) is 1.65. The second kappa shape index (κ2) is 4.67. The molecule has 0 aromatic rings. The molecule has 0 saturated carbocycles. The maximum Gasteiger partial charge on any atom is 1.00 e. The molecule has 0 unspecified atom stereocenters. The van der Waals surface area contributed by atoms with Crippen molar-refractivity contribution in [2.45, 2.75) is 0 Å². The minimum atomic E-state index is -4.70. The molecule has 0 saturated heterocycles. The third kappa shape index (κ3) is 3.83. The van der Waals surface area contributed by atoms with Crippen LogP contribution in [0.25, 0.3) is 0 Å². The Balaban J connectivity index is -0.000000320. The van der Waals surface area contributed by atoms with Crippen molar-refractivity contribution in [2.75, 3.05) is 0 Å². The SMILES string of the molecule is O=COS(=O)(=O)C(=O)O.[H-].[Na+]. The molecular weight excluding hydrogens is 175 g/mol. The van der Waals surface area contributed by atoms with Crippen LogP contribution < -0.4 is 29.6 Å². The van der Waals surface area contributed by atoms with E-state index in [-0.39, 0.29) is 31.0 Å². The Labute approximate surface area is 80.1 Å². The van der Waals surface area contributed by atoms with Gasteiger partial charge in [0.05, 0.1) is 0 Å². The maximum absolute atomic E-state index is 9.88. The van der Waals surface area contributed by atoms with Crippen molar-refractivity contribution in [1.29, 1.82) is 0 Å². The van der Waals surface area contributed by atoms with Gasteiger partial charge in [-0.2, -0.15) is 8.42 Å². The molecule has 0 radical (unpaired) electrons. The summed E-state index contributed by atoms with van der Waals surface area (Å²) in [6, 6.07) is 0. The van der Waals surface area contributed by atoms with E-state index >= 15 is 0 Å². The monoisotopic (exact) mass is 178 g/mol. The van der Waals surface area contributed by atoms with Crippen molar-refractivity contribution in [1.82, 2.24) is 0 Å². The Morgan fingerprint density at radius 3 is 2.10 bits per heavy atom. The van der Waals surface area contributed by atoms with Crippen LogP contribution in [-0.4, -0.2) is 25.3 Å². The first-order chi connectivity index (χ1) is 4.00. The van der Waals surface area contributed by atoms with Crippen LogP contribution in [0, 0.1) is 0 Å². The fraction of sp³-hybridized carbons (Fsp3) is 0. The van der Waals surface area contributed by atoms with Crippen LogP contribution in [0.5, 0.6) is 0 Å². The van der Waals surface area contributed by atoms with Gasteiger partial charge >= 0.3 is 51.4 Å². The normalized spacial score (nSPS) is 9.20. The van der Waals surface area contributed by atoms with Crippen molar-refractivity contribution < 1.29 is 58.3 Å². The van der Waals surface area contributed by atoms with Gasteiger partial charge in [0.1, 0.15) is 0 Å². The summed E-state index contributed by atoms with van der Waals surface area (Å²) in [5.74, 6) is 0. The molecule has 54 valence electrons. The van der Waals surface area contributed by atoms with Crippen molar-refractivity contribution in [2.24, 2.45) is 0 Å². The molecule has 0 rings (SSSR count). The summed E-state index contributed by atoms with van der Waals surface area (Å²) in [7, 11) is -4.70. The van der Waals surface area contributed by atoms with Gasteiger partial charge in [0.25, 0.3) is 0 Å².